The molecule has 3 aliphatic heterocycles. The number of nitrogens with zero attached hydrogens (tertiary/aromatic N) is 1. The Balaban J connectivity index is 1.40. The first kappa shape index (κ1) is 63.8. The number of halogens is 4. The monoisotopic (exact) mass is 1180 g/mol. The molecule has 0 bridgehead atoms. The molecule has 3 aromatic carbocycles. The Labute approximate surface area is 482 Å². The Morgan fingerprint density at radius 2 is 0.949 bits per heavy atom. The van der Waals surface area contributed by atoms with Crippen LogP contribution in [0, 0.1) is 0 Å². The summed E-state index contributed by atoms with van der Waals surface area (Å²) >= 11 is 26.5. The second-order valence-corrected chi connectivity index (χ2v) is 21.4. The van der Waals surface area contributed by atoms with E-state index in [-0.39, 0.29) is 57.6 Å². The van der Waals surface area contributed by atoms with Crippen molar-refractivity contribution in [3.8, 4) is 0 Å². The molecule has 10 atom stereocenters. The molecule has 17 nitrogen and oxygen atoms in total. The summed E-state index contributed by atoms with van der Waals surface area (Å²) in [5.74, 6) is -5.18. The van der Waals surface area contributed by atoms with Gasteiger partial charge in [-0.05, 0) is 17.5 Å². The van der Waals surface area contributed by atoms with Crippen LogP contribution < -0.4 is 0 Å². The van der Waals surface area contributed by atoms with Crippen molar-refractivity contribution in [3.05, 3.63) is 103 Å². The van der Waals surface area contributed by atoms with Crippen molar-refractivity contribution in [1.29, 1.82) is 0 Å². The lowest BCUT2D eigenvalue weighted by molar-refractivity contribution is -0.357. The van der Waals surface area contributed by atoms with Gasteiger partial charge in [-0.15, -0.1) is 0 Å². The predicted octanol–water partition coefficient (Wildman–Crippen LogP) is 11.8. The van der Waals surface area contributed by atoms with E-state index in [1.54, 1.807) is 24.3 Å². The first-order chi connectivity index (χ1) is 38.0. The highest BCUT2D eigenvalue weighted by Crippen LogP contribution is 2.47. The lowest BCUT2D eigenvalue weighted by Gasteiger charge is -2.50. The molecule has 434 valence electrons. The normalized spacial score (nSPS) is 23.8. The molecular weight excluding hydrogens is 1110 g/mol. The molecule has 0 saturated carbocycles. The van der Waals surface area contributed by atoms with Crippen LogP contribution in [0.15, 0.2) is 60.7 Å². The van der Waals surface area contributed by atoms with Gasteiger partial charge >= 0.3 is 23.9 Å². The van der Waals surface area contributed by atoms with Gasteiger partial charge in [-0.25, -0.2) is 0 Å². The van der Waals surface area contributed by atoms with E-state index in [0.29, 0.717) is 12.0 Å². The van der Waals surface area contributed by atoms with Crippen molar-refractivity contribution in [2.45, 2.75) is 199 Å². The molecule has 0 radical (unpaired) electrons. The van der Waals surface area contributed by atoms with Crippen LogP contribution in [0.3, 0.4) is 0 Å². The molecule has 2 amide bonds. The van der Waals surface area contributed by atoms with E-state index in [2.05, 4.69) is 6.92 Å². The summed E-state index contributed by atoms with van der Waals surface area (Å²) in [6.07, 6.45) is 2.22. The minimum absolute atomic E-state index is 0.0902. The molecule has 2 fully saturated rings. The maximum Gasteiger partial charge on any atom is 0.303 e. The number of hydrogen-bond acceptors (Lipinski definition) is 16. The Hall–Kier alpha value is -4.40. The van der Waals surface area contributed by atoms with E-state index < -0.39 is 104 Å². The van der Waals surface area contributed by atoms with Crippen LogP contribution in [0.25, 0.3) is 0 Å². The Morgan fingerprint density at radius 3 is 1.46 bits per heavy atom. The van der Waals surface area contributed by atoms with Gasteiger partial charge in [0.2, 0.25) is 0 Å². The summed E-state index contributed by atoms with van der Waals surface area (Å²) in [5, 5.41) is -1.14. The fourth-order valence-corrected chi connectivity index (χ4v) is 11.0. The van der Waals surface area contributed by atoms with Gasteiger partial charge in [0.15, 0.2) is 30.9 Å². The maximum absolute atomic E-state index is 15.1. The average molecular weight is 1180 g/mol. The van der Waals surface area contributed by atoms with Crippen molar-refractivity contribution >= 4 is 82.1 Å². The van der Waals surface area contributed by atoms with E-state index >= 15 is 9.59 Å². The summed E-state index contributed by atoms with van der Waals surface area (Å²) < 4.78 is 62.8. The number of benzene rings is 3. The van der Waals surface area contributed by atoms with E-state index in [1.807, 2.05) is 36.4 Å². The molecule has 0 spiro atoms. The molecule has 0 unspecified atom stereocenters. The van der Waals surface area contributed by atoms with Gasteiger partial charge in [0.1, 0.15) is 37.1 Å². The molecule has 0 aromatic heterocycles. The highest BCUT2D eigenvalue weighted by atomic mass is 35.5. The summed E-state index contributed by atoms with van der Waals surface area (Å²) in [5.41, 5.74) is 0.850. The summed E-state index contributed by atoms with van der Waals surface area (Å²) in [6.45, 7) is 5.93. The van der Waals surface area contributed by atoms with Crippen LogP contribution in [0.2, 0.25) is 20.1 Å². The predicted molar refractivity (Wildman–Crippen MR) is 294 cm³/mol. The van der Waals surface area contributed by atoms with Crippen LogP contribution >= 0.6 is 46.4 Å². The van der Waals surface area contributed by atoms with Gasteiger partial charge < -0.3 is 47.4 Å². The van der Waals surface area contributed by atoms with E-state index in [1.165, 1.54) is 57.8 Å². The number of esters is 4. The van der Waals surface area contributed by atoms with Gasteiger partial charge in [-0.2, -0.15) is 0 Å². The molecule has 21 heteroatoms. The van der Waals surface area contributed by atoms with Crippen molar-refractivity contribution in [2.24, 2.45) is 0 Å². The maximum atomic E-state index is 15.1. The number of amides is 2. The molecule has 0 N–H and O–H groups in total. The third-order valence-corrected chi connectivity index (χ3v) is 15.5. The van der Waals surface area contributed by atoms with Gasteiger partial charge in [0, 0.05) is 34.3 Å². The van der Waals surface area contributed by atoms with Gasteiger partial charge in [0.05, 0.1) is 51.0 Å². The lowest BCUT2D eigenvalue weighted by atomic mass is 9.93. The lowest BCUT2D eigenvalue weighted by Crippen LogP contribution is -2.69. The Morgan fingerprint density at radius 1 is 0.494 bits per heavy atom. The topological polar surface area (TPSA) is 198 Å². The Bertz CT molecular complexity index is 2440. The molecule has 6 rings (SSSR count). The zero-order valence-corrected chi connectivity index (χ0v) is 48.5. The number of rotatable bonds is 31. The van der Waals surface area contributed by atoms with Gasteiger partial charge in [-0.1, -0.05) is 197 Å². The summed E-state index contributed by atoms with van der Waals surface area (Å²) in [7, 11) is 0. The summed E-state index contributed by atoms with van der Waals surface area (Å²) in [4.78, 5) is 81.8. The average Bonchev–Trinajstić information content (AvgIpc) is 3.79. The van der Waals surface area contributed by atoms with E-state index in [4.69, 9.17) is 93.8 Å². The van der Waals surface area contributed by atoms with Crippen molar-refractivity contribution in [3.63, 3.8) is 0 Å². The molecule has 0 aliphatic carbocycles. The van der Waals surface area contributed by atoms with Crippen LogP contribution in [0.4, 0.5) is 0 Å². The largest absolute Gasteiger partial charge is 0.463 e. The molecule has 79 heavy (non-hydrogen) atoms. The van der Waals surface area contributed by atoms with E-state index in [9.17, 15) is 19.2 Å². The first-order valence-electron chi connectivity index (χ1n) is 27.3. The second-order valence-electron chi connectivity index (χ2n) is 19.9. The van der Waals surface area contributed by atoms with Crippen molar-refractivity contribution < 1.29 is 76.1 Å². The molecule has 2 saturated heterocycles. The van der Waals surface area contributed by atoms with Gasteiger partial charge in [0.25, 0.3) is 11.8 Å². The van der Waals surface area contributed by atoms with Crippen molar-refractivity contribution in [1.82, 2.24) is 4.90 Å². The van der Waals surface area contributed by atoms with Crippen LogP contribution in [0.5, 0.6) is 0 Å². The standard InChI is InChI=1S/C58H73Cl4NO16/c1-6-7-8-9-10-11-12-13-14-15-16-17-18-25-30-71-57-49(63-55(68)43-44(56(63)69)46(60)48(62)47(61)45(43)59)52(73-32-40-28-23-20-24-29-40)50(41(77-57)33-70-31-39-26-21-19-22-27-39)79-58-54(76-38(5)67)53(75-37(4)66)51(74-36(3)65)42(78-58)34-72-35(2)64/h19-24,26-29,41-42,49-54,57-58H,6-18,25,30-34H2,1-5H3/t41-,42-,49-,50-,51+,52-,53+,54-,57-,58+/m1/s1. The number of ether oxygens (including phenoxy) is 10. The van der Waals surface area contributed by atoms with Crippen molar-refractivity contribution in [2.75, 3.05) is 19.8 Å². The Kier molecular flexibility index (Phi) is 26.1. The minimum Gasteiger partial charge on any atom is -0.463 e. The second kappa shape index (κ2) is 32.3. The highest BCUT2D eigenvalue weighted by molar-refractivity contribution is 6.55. The first-order valence-corrected chi connectivity index (χ1v) is 28.8. The smallest absolute Gasteiger partial charge is 0.303 e. The summed E-state index contributed by atoms with van der Waals surface area (Å²) in [6, 6.07) is 16.8. The molecular formula is C58H73Cl4NO16. The van der Waals surface area contributed by atoms with Crippen LogP contribution in [-0.4, -0.2) is 122 Å². The fourth-order valence-electron chi connectivity index (χ4n) is 10.0. The number of carbonyl (C=O) groups is 6. The zero-order chi connectivity index (χ0) is 57.0. The fraction of sp³-hybridized carbons (Fsp3) is 0.586. The van der Waals surface area contributed by atoms with Gasteiger partial charge in [-0.3, -0.25) is 33.7 Å². The molecule has 3 aliphatic rings. The minimum atomic E-state index is -1.79. The number of carbonyl (C=O) groups excluding carboxylic acids is 6. The third-order valence-electron chi connectivity index (χ3n) is 13.7. The highest BCUT2D eigenvalue weighted by Gasteiger charge is 2.60. The number of imide groups is 1. The number of unbranched alkanes of at least 4 members (excludes halogenated alkanes) is 13. The van der Waals surface area contributed by atoms with Crippen LogP contribution in [-0.2, 0) is 79.8 Å². The van der Waals surface area contributed by atoms with Crippen LogP contribution in [0.1, 0.15) is 156 Å². The molecule has 3 aromatic rings. The number of hydrogen-bond donors (Lipinski definition) is 0. The zero-order valence-electron chi connectivity index (χ0n) is 45.5. The quantitative estimate of drug-likeness (QED) is 0.0147. The SMILES string of the molecule is CCCCCCCCCCCCCCCCO[C@@H]1O[C@H](COCc2ccccc2)[C@@H](O[C@@H]2O[C@H](COC(C)=O)[C@H](OC(C)=O)[C@H](OC(C)=O)[C@H]2OC(C)=O)[C@H](OCc2ccccc2)[C@H]1N1C(=O)c2c(Cl)c(Cl)c(Cl)c(Cl)c2C1=O. The third kappa shape index (κ3) is 18.0. The van der Waals surface area contributed by atoms with E-state index in [0.717, 1.165) is 63.8 Å². The number of fused-ring (bicyclic) bond motifs is 1. The molecule has 3 heterocycles.